The van der Waals surface area contributed by atoms with E-state index in [0.717, 1.165) is 47.7 Å². The van der Waals surface area contributed by atoms with Crippen molar-refractivity contribution in [1.82, 2.24) is 29.4 Å². The Morgan fingerprint density at radius 3 is 2.30 bits per heavy atom. The zero-order valence-electron chi connectivity index (χ0n) is 28.6. The molecule has 0 fully saturated rings. The zero-order valence-corrected chi connectivity index (χ0v) is 28.6. The standard InChI is InChI=1S/C36H42F3N7O4/c1-5-7-15-44(16-8-6-2)35(50)30-17-23(3)46(41-30)31-14-13-26(40-33(48)29-21-43(4)42-32(29)36(37,38)39)19-28(31)34(49)45-20-25-12-10-9-11-24(25)18-27(45)22-47/h9-14,17,19,21,27,47H,5-8,15-16,18,20,22H2,1-4H3,(H,40,48). The van der Waals surface area contributed by atoms with Crippen LogP contribution in [0.5, 0.6) is 0 Å². The predicted octanol–water partition coefficient (Wildman–Crippen LogP) is 5.79. The first-order chi connectivity index (χ1) is 23.9. The molecule has 266 valence electrons. The average Bonchev–Trinajstić information content (AvgIpc) is 3.70. The van der Waals surface area contributed by atoms with E-state index in [1.165, 1.54) is 34.8 Å². The van der Waals surface area contributed by atoms with Crippen molar-refractivity contribution < 1.29 is 32.7 Å². The van der Waals surface area contributed by atoms with Crippen LogP contribution >= 0.6 is 0 Å². The molecule has 3 amide bonds. The van der Waals surface area contributed by atoms with Crippen LogP contribution in [0.25, 0.3) is 5.69 Å². The fourth-order valence-corrected chi connectivity index (χ4v) is 6.17. The van der Waals surface area contributed by atoms with Crippen molar-refractivity contribution >= 4 is 23.4 Å². The van der Waals surface area contributed by atoms with Crippen LogP contribution in [0.4, 0.5) is 18.9 Å². The molecule has 2 N–H and O–H groups in total. The van der Waals surface area contributed by atoms with E-state index >= 15 is 0 Å². The van der Waals surface area contributed by atoms with Crippen molar-refractivity contribution in [2.45, 2.75) is 71.6 Å². The molecule has 1 unspecified atom stereocenters. The van der Waals surface area contributed by atoms with Gasteiger partial charge in [-0.2, -0.15) is 23.4 Å². The number of nitrogens with zero attached hydrogens (tertiary/aromatic N) is 6. The molecular weight excluding hydrogens is 651 g/mol. The van der Waals surface area contributed by atoms with Crippen molar-refractivity contribution in [1.29, 1.82) is 0 Å². The number of hydrogen-bond acceptors (Lipinski definition) is 6. The SMILES string of the molecule is CCCCN(CCCC)C(=O)c1cc(C)n(-c2ccc(NC(=O)c3cn(C)nc3C(F)(F)F)cc2C(=O)N2Cc3ccccc3CC2CO)n1. The van der Waals surface area contributed by atoms with Crippen molar-refractivity contribution in [3.05, 3.63) is 94.1 Å². The summed E-state index contributed by atoms with van der Waals surface area (Å²) in [4.78, 5) is 44.6. The van der Waals surface area contributed by atoms with Gasteiger partial charge >= 0.3 is 6.18 Å². The number of hydrogen-bond donors (Lipinski definition) is 2. The van der Waals surface area contributed by atoms with Gasteiger partial charge in [-0.1, -0.05) is 51.0 Å². The molecule has 1 aliphatic heterocycles. The smallest absolute Gasteiger partial charge is 0.394 e. The van der Waals surface area contributed by atoms with Gasteiger partial charge in [-0.3, -0.25) is 19.1 Å². The molecule has 1 aliphatic rings. The molecule has 0 saturated heterocycles. The molecule has 14 heteroatoms. The Hall–Kier alpha value is -4.98. The third kappa shape index (κ3) is 7.75. The quantitative estimate of drug-likeness (QED) is 0.194. The summed E-state index contributed by atoms with van der Waals surface area (Å²) in [5.41, 5.74) is 1.12. The summed E-state index contributed by atoms with van der Waals surface area (Å²) in [6.45, 7) is 6.94. The Balaban J connectivity index is 1.56. The van der Waals surface area contributed by atoms with Gasteiger partial charge in [-0.25, -0.2) is 4.68 Å². The van der Waals surface area contributed by atoms with Gasteiger partial charge in [0.2, 0.25) is 0 Å². The first kappa shape index (κ1) is 36.3. The lowest BCUT2D eigenvalue weighted by molar-refractivity contribution is -0.141. The number of rotatable bonds is 12. The summed E-state index contributed by atoms with van der Waals surface area (Å²) >= 11 is 0. The molecule has 0 saturated carbocycles. The summed E-state index contributed by atoms with van der Waals surface area (Å²) in [6, 6.07) is 13.1. The highest BCUT2D eigenvalue weighted by Crippen LogP contribution is 2.32. The Labute approximate surface area is 288 Å². The van der Waals surface area contributed by atoms with Crippen LogP contribution in [0.1, 0.15) is 93.2 Å². The Morgan fingerprint density at radius 1 is 0.980 bits per heavy atom. The van der Waals surface area contributed by atoms with Crippen LogP contribution in [-0.2, 0) is 26.2 Å². The first-order valence-electron chi connectivity index (χ1n) is 16.8. The van der Waals surface area contributed by atoms with Gasteiger partial charge in [0.05, 0.1) is 29.5 Å². The number of halogens is 3. The summed E-state index contributed by atoms with van der Waals surface area (Å²) in [6.07, 6.45) is 0.0581. The van der Waals surface area contributed by atoms with E-state index in [1.807, 2.05) is 24.3 Å². The van der Waals surface area contributed by atoms with Gasteiger partial charge in [0.15, 0.2) is 11.4 Å². The van der Waals surface area contributed by atoms with Crippen LogP contribution in [0, 0.1) is 6.92 Å². The first-order valence-corrected chi connectivity index (χ1v) is 16.8. The van der Waals surface area contributed by atoms with Gasteiger partial charge in [-0.05, 0) is 61.6 Å². The number of benzene rings is 2. The number of aliphatic hydroxyl groups excluding tert-OH is 1. The molecule has 11 nitrogen and oxygen atoms in total. The molecule has 2 aromatic carbocycles. The van der Waals surface area contributed by atoms with Gasteiger partial charge in [-0.15, -0.1) is 0 Å². The number of anilines is 1. The lowest BCUT2D eigenvalue weighted by atomic mass is 9.93. The molecule has 5 rings (SSSR count). The van der Waals surface area contributed by atoms with Gasteiger partial charge in [0.25, 0.3) is 17.7 Å². The number of aliphatic hydroxyl groups is 1. The van der Waals surface area contributed by atoms with E-state index in [0.29, 0.717) is 30.9 Å². The predicted molar refractivity (Wildman–Crippen MR) is 181 cm³/mol. The summed E-state index contributed by atoms with van der Waals surface area (Å²) in [5, 5.41) is 20.9. The second-order valence-corrected chi connectivity index (χ2v) is 12.6. The Bertz CT molecular complexity index is 1860. The second-order valence-electron chi connectivity index (χ2n) is 12.6. The minimum absolute atomic E-state index is 0.0588. The lowest BCUT2D eigenvalue weighted by Crippen LogP contribution is -2.46. The van der Waals surface area contributed by atoms with Gasteiger partial charge in [0, 0.05) is 44.3 Å². The number of alkyl halides is 3. The maximum absolute atomic E-state index is 14.5. The molecule has 4 aromatic rings. The number of nitrogens with one attached hydrogen (secondary N) is 1. The molecule has 0 spiro atoms. The summed E-state index contributed by atoms with van der Waals surface area (Å²) in [5.74, 6) is -1.77. The number of amides is 3. The Kier molecular flexibility index (Phi) is 11.1. The zero-order chi connectivity index (χ0) is 36.2. The average molecular weight is 694 g/mol. The van der Waals surface area contributed by atoms with Crippen LogP contribution < -0.4 is 5.32 Å². The highest BCUT2D eigenvalue weighted by Gasteiger charge is 2.39. The van der Waals surface area contributed by atoms with Crippen LogP contribution in [0.3, 0.4) is 0 Å². The monoisotopic (exact) mass is 693 g/mol. The van der Waals surface area contributed by atoms with E-state index < -0.39 is 35.3 Å². The molecule has 0 radical (unpaired) electrons. The third-order valence-electron chi connectivity index (χ3n) is 8.84. The van der Waals surface area contributed by atoms with E-state index in [4.69, 9.17) is 0 Å². The topological polar surface area (TPSA) is 126 Å². The Morgan fingerprint density at radius 2 is 1.66 bits per heavy atom. The minimum Gasteiger partial charge on any atom is -0.394 e. The highest BCUT2D eigenvalue weighted by molar-refractivity contribution is 6.06. The normalized spacial score (nSPS) is 14.4. The minimum atomic E-state index is -4.86. The third-order valence-corrected chi connectivity index (χ3v) is 8.84. The van der Waals surface area contributed by atoms with E-state index in [2.05, 4.69) is 29.4 Å². The van der Waals surface area contributed by atoms with E-state index in [9.17, 15) is 32.7 Å². The molecule has 2 aromatic heterocycles. The van der Waals surface area contributed by atoms with Crippen molar-refractivity contribution in [3.8, 4) is 5.69 Å². The van der Waals surface area contributed by atoms with Crippen LogP contribution in [0.2, 0.25) is 0 Å². The fourth-order valence-electron chi connectivity index (χ4n) is 6.17. The van der Waals surface area contributed by atoms with Crippen molar-refractivity contribution in [2.24, 2.45) is 7.05 Å². The number of carbonyl (C=O) groups is 3. The molecule has 3 heterocycles. The van der Waals surface area contributed by atoms with Crippen molar-refractivity contribution in [2.75, 3.05) is 25.0 Å². The summed E-state index contributed by atoms with van der Waals surface area (Å²) < 4.78 is 43.4. The van der Waals surface area contributed by atoms with E-state index in [1.54, 1.807) is 17.9 Å². The molecule has 0 bridgehead atoms. The van der Waals surface area contributed by atoms with Gasteiger partial charge < -0.3 is 20.2 Å². The molecule has 0 aliphatic carbocycles. The highest BCUT2D eigenvalue weighted by atomic mass is 19.4. The maximum Gasteiger partial charge on any atom is 0.435 e. The maximum atomic E-state index is 14.5. The fraction of sp³-hybridized carbons (Fsp3) is 0.417. The molecule has 50 heavy (non-hydrogen) atoms. The number of aromatic nitrogens is 4. The number of carbonyl (C=O) groups excluding carboxylic acids is 3. The van der Waals surface area contributed by atoms with Gasteiger partial charge in [0.1, 0.15) is 0 Å². The van der Waals surface area contributed by atoms with Crippen LogP contribution in [-0.4, -0.2) is 77.9 Å². The number of unbranched alkanes of at least 4 members (excludes halogenated alkanes) is 2. The molecule has 1 atom stereocenters. The molecular formula is C36H42F3N7O4. The largest absolute Gasteiger partial charge is 0.435 e. The second kappa shape index (κ2) is 15.3. The van der Waals surface area contributed by atoms with Crippen LogP contribution in [0.15, 0.2) is 54.7 Å². The number of aryl methyl sites for hydroxylation is 2. The lowest BCUT2D eigenvalue weighted by Gasteiger charge is -2.36. The van der Waals surface area contributed by atoms with Crippen molar-refractivity contribution in [3.63, 3.8) is 0 Å². The summed E-state index contributed by atoms with van der Waals surface area (Å²) in [7, 11) is 1.28. The van der Waals surface area contributed by atoms with E-state index in [-0.39, 0.29) is 36.0 Å². The number of fused-ring (bicyclic) bond motifs is 1.